The third-order valence-electron chi connectivity index (χ3n) is 2.34. The zero-order valence-corrected chi connectivity index (χ0v) is 8.07. The Labute approximate surface area is 81.8 Å². The standard InChI is InChI=1S/C9H16F3NO/c10-9(11,12)3-5-13-4-1-8-2-6-14-7-8/h8,13H,1-7H2. The maximum absolute atomic E-state index is 11.7. The third kappa shape index (κ3) is 5.44. The van der Waals surface area contributed by atoms with Crippen LogP contribution in [0.5, 0.6) is 0 Å². The van der Waals surface area contributed by atoms with Gasteiger partial charge in [0.15, 0.2) is 0 Å². The summed E-state index contributed by atoms with van der Waals surface area (Å²) < 4.78 is 40.3. The van der Waals surface area contributed by atoms with Crippen molar-refractivity contribution in [2.75, 3.05) is 26.3 Å². The molecule has 14 heavy (non-hydrogen) atoms. The Kier molecular flexibility index (Phi) is 4.68. The van der Waals surface area contributed by atoms with E-state index in [0.29, 0.717) is 12.5 Å². The van der Waals surface area contributed by atoms with Gasteiger partial charge in [-0.25, -0.2) is 0 Å². The quantitative estimate of drug-likeness (QED) is 0.702. The SMILES string of the molecule is FC(F)(F)CCNCCC1CCOC1. The summed E-state index contributed by atoms with van der Waals surface area (Å²) in [5.41, 5.74) is 0. The van der Waals surface area contributed by atoms with Gasteiger partial charge in [0.05, 0.1) is 6.42 Å². The van der Waals surface area contributed by atoms with Crippen molar-refractivity contribution < 1.29 is 17.9 Å². The van der Waals surface area contributed by atoms with Gasteiger partial charge in [0.25, 0.3) is 0 Å². The lowest BCUT2D eigenvalue weighted by atomic mass is 10.1. The molecule has 5 heteroatoms. The van der Waals surface area contributed by atoms with E-state index in [1.807, 2.05) is 0 Å². The largest absolute Gasteiger partial charge is 0.390 e. The zero-order chi connectivity index (χ0) is 10.4. The third-order valence-corrected chi connectivity index (χ3v) is 2.34. The number of nitrogens with one attached hydrogen (secondary N) is 1. The lowest BCUT2D eigenvalue weighted by Gasteiger charge is -2.09. The van der Waals surface area contributed by atoms with E-state index in [9.17, 15) is 13.2 Å². The first-order valence-corrected chi connectivity index (χ1v) is 4.93. The Balaban J connectivity index is 1.89. The van der Waals surface area contributed by atoms with Gasteiger partial charge in [-0.05, 0) is 25.3 Å². The first kappa shape index (κ1) is 11.8. The zero-order valence-electron chi connectivity index (χ0n) is 8.07. The van der Waals surface area contributed by atoms with Gasteiger partial charge >= 0.3 is 6.18 Å². The molecule has 1 aliphatic rings. The van der Waals surface area contributed by atoms with E-state index in [1.165, 1.54) is 0 Å². The second-order valence-electron chi connectivity index (χ2n) is 3.63. The summed E-state index contributed by atoms with van der Waals surface area (Å²) in [4.78, 5) is 0. The molecule has 0 aromatic heterocycles. The van der Waals surface area contributed by atoms with Gasteiger partial charge in [-0.2, -0.15) is 13.2 Å². The van der Waals surface area contributed by atoms with Crippen LogP contribution in [-0.2, 0) is 4.74 Å². The average molecular weight is 211 g/mol. The van der Waals surface area contributed by atoms with Crippen molar-refractivity contribution in [2.24, 2.45) is 5.92 Å². The molecule has 1 atom stereocenters. The minimum atomic E-state index is -4.04. The van der Waals surface area contributed by atoms with E-state index in [2.05, 4.69) is 5.32 Å². The van der Waals surface area contributed by atoms with Crippen LogP contribution in [0.3, 0.4) is 0 Å². The fourth-order valence-electron chi connectivity index (χ4n) is 1.47. The molecule has 0 saturated carbocycles. The van der Waals surface area contributed by atoms with Crippen LogP contribution < -0.4 is 5.32 Å². The second kappa shape index (κ2) is 5.56. The molecular weight excluding hydrogens is 195 g/mol. The molecule has 0 spiro atoms. The molecule has 0 aromatic rings. The van der Waals surface area contributed by atoms with Gasteiger partial charge in [0.2, 0.25) is 0 Å². The van der Waals surface area contributed by atoms with Gasteiger partial charge in [-0.15, -0.1) is 0 Å². The molecule has 1 aliphatic heterocycles. The van der Waals surface area contributed by atoms with Gasteiger partial charge < -0.3 is 10.1 Å². The number of rotatable bonds is 5. The minimum absolute atomic E-state index is 0.0249. The Morgan fingerprint density at radius 1 is 1.29 bits per heavy atom. The van der Waals surface area contributed by atoms with Crippen LogP contribution in [0.1, 0.15) is 19.3 Å². The molecular formula is C9H16F3NO. The van der Waals surface area contributed by atoms with E-state index < -0.39 is 12.6 Å². The highest BCUT2D eigenvalue weighted by molar-refractivity contribution is 4.65. The molecule has 1 rings (SSSR count). The van der Waals surface area contributed by atoms with Gasteiger partial charge in [0.1, 0.15) is 0 Å². The van der Waals surface area contributed by atoms with Crippen molar-refractivity contribution in [3.05, 3.63) is 0 Å². The number of halogens is 3. The monoisotopic (exact) mass is 211 g/mol. The average Bonchev–Trinajstić information content (AvgIpc) is 2.54. The van der Waals surface area contributed by atoms with E-state index in [0.717, 1.165) is 26.1 Å². The summed E-state index contributed by atoms with van der Waals surface area (Å²) in [6.45, 7) is 2.25. The predicted octanol–water partition coefficient (Wildman–Crippen LogP) is 1.95. The highest BCUT2D eigenvalue weighted by atomic mass is 19.4. The van der Waals surface area contributed by atoms with Crippen LogP contribution in [0, 0.1) is 5.92 Å². The van der Waals surface area contributed by atoms with Crippen molar-refractivity contribution in [1.29, 1.82) is 0 Å². The topological polar surface area (TPSA) is 21.3 Å². The van der Waals surface area contributed by atoms with E-state index in [4.69, 9.17) is 4.74 Å². The lowest BCUT2D eigenvalue weighted by molar-refractivity contribution is -0.133. The van der Waals surface area contributed by atoms with E-state index >= 15 is 0 Å². The molecule has 1 unspecified atom stereocenters. The van der Waals surface area contributed by atoms with Crippen molar-refractivity contribution in [3.63, 3.8) is 0 Å². The molecule has 0 bridgehead atoms. The molecule has 2 nitrogen and oxygen atoms in total. The Morgan fingerprint density at radius 2 is 2.07 bits per heavy atom. The molecule has 1 fully saturated rings. The molecule has 0 aliphatic carbocycles. The number of hydrogen-bond donors (Lipinski definition) is 1. The summed E-state index contributed by atoms with van der Waals surface area (Å²) in [7, 11) is 0. The van der Waals surface area contributed by atoms with Crippen LogP contribution in [0.25, 0.3) is 0 Å². The van der Waals surface area contributed by atoms with Crippen molar-refractivity contribution in [3.8, 4) is 0 Å². The molecule has 84 valence electrons. The molecule has 0 aromatic carbocycles. The second-order valence-corrected chi connectivity index (χ2v) is 3.63. The Hall–Kier alpha value is -0.290. The predicted molar refractivity (Wildman–Crippen MR) is 47.1 cm³/mol. The number of hydrogen-bond acceptors (Lipinski definition) is 2. The van der Waals surface area contributed by atoms with Crippen LogP contribution >= 0.6 is 0 Å². The van der Waals surface area contributed by atoms with E-state index in [-0.39, 0.29) is 6.54 Å². The van der Waals surface area contributed by atoms with Crippen molar-refractivity contribution in [2.45, 2.75) is 25.4 Å². The van der Waals surface area contributed by atoms with Crippen LogP contribution in [0.2, 0.25) is 0 Å². The molecule has 1 N–H and O–H groups in total. The maximum atomic E-state index is 11.7. The normalized spacial score (nSPS) is 22.9. The first-order valence-electron chi connectivity index (χ1n) is 4.93. The van der Waals surface area contributed by atoms with Crippen LogP contribution in [0.4, 0.5) is 13.2 Å². The Bertz CT molecular complexity index is 155. The Morgan fingerprint density at radius 3 is 2.64 bits per heavy atom. The van der Waals surface area contributed by atoms with Gasteiger partial charge in [0, 0.05) is 19.8 Å². The number of ether oxygens (including phenoxy) is 1. The fourth-order valence-corrected chi connectivity index (χ4v) is 1.47. The lowest BCUT2D eigenvalue weighted by Crippen LogP contribution is -2.24. The van der Waals surface area contributed by atoms with E-state index in [1.54, 1.807) is 0 Å². The van der Waals surface area contributed by atoms with Crippen LogP contribution in [-0.4, -0.2) is 32.5 Å². The molecule has 1 heterocycles. The fraction of sp³-hybridized carbons (Fsp3) is 1.00. The molecule has 0 radical (unpaired) electrons. The maximum Gasteiger partial charge on any atom is 0.390 e. The van der Waals surface area contributed by atoms with Crippen molar-refractivity contribution in [1.82, 2.24) is 5.32 Å². The van der Waals surface area contributed by atoms with Crippen molar-refractivity contribution >= 4 is 0 Å². The van der Waals surface area contributed by atoms with Crippen LogP contribution in [0.15, 0.2) is 0 Å². The van der Waals surface area contributed by atoms with Gasteiger partial charge in [-0.3, -0.25) is 0 Å². The summed E-state index contributed by atoms with van der Waals surface area (Å²) in [6, 6.07) is 0. The molecule has 1 saturated heterocycles. The highest BCUT2D eigenvalue weighted by Crippen LogP contribution is 2.18. The smallest absolute Gasteiger partial charge is 0.381 e. The number of alkyl halides is 3. The van der Waals surface area contributed by atoms with Gasteiger partial charge in [-0.1, -0.05) is 0 Å². The first-order chi connectivity index (χ1) is 6.58. The summed E-state index contributed by atoms with van der Waals surface area (Å²) in [6.07, 6.45) is -2.82. The highest BCUT2D eigenvalue weighted by Gasteiger charge is 2.25. The minimum Gasteiger partial charge on any atom is -0.381 e. The summed E-state index contributed by atoms with van der Waals surface area (Å²) in [5, 5.41) is 2.79. The summed E-state index contributed by atoms with van der Waals surface area (Å²) in [5.74, 6) is 0.536. The molecule has 0 amide bonds. The summed E-state index contributed by atoms with van der Waals surface area (Å²) >= 11 is 0.